The highest BCUT2D eigenvalue weighted by atomic mass is 35.5. The minimum atomic E-state index is -1.02. The molecule has 5 amide bonds. The Hall–Kier alpha value is -3.98. The van der Waals surface area contributed by atoms with Crippen molar-refractivity contribution < 1.29 is 24.0 Å². The second kappa shape index (κ2) is 10.1. The maximum atomic E-state index is 12.9. The molecule has 0 spiro atoms. The monoisotopic (exact) mass is 494 g/mol. The van der Waals surface area contributed by atoms with E-state index in [0.29, 0.717) is 10.7 Å². The lowest BCUT2D eigenvalue weighted by molar-refractivity contribution is -0.149. The molecule has 4 rings (SSSR count). The van der Waals surface area contributed by atoms with Gasteiger partial charge in [0.25, 0.3) is 11.8 Å². The lowest BCUT2D eigenvalue weighted by atomic mass is 10.0. The van der Waals surface area contributed by atoms with Gasteiger partial charge in [-0.1, -0.05) is 35.9 Å². The van der Waals surface area contributed by atoms with E-state index in [1.54, 1.807) is 36.4 Å². The summed E-state index contributed by atoms with van der Waals surface area (Å²) in [4.78, 5) is 62.1. The molecule has 0 bridgehead atoms. The average molecular weight is 495 g/mol. The molecule has 2 heterocycles. The van der Waals surface area contributed by atoms with Crippen LogP contribution < -0.4 is 16.0 Å². The van der Waals surface area contributed by atoms with E-state index in [4.69, 9.17) is 11.6 Å². The van der Waals surface area contributed by atoms with Crippen LogP contribution in [0.4, 0.5) is 5.69 Å². The van der Waals surface area contributed by atoms with Crippen LogP contribution in [0.1, 0.15) is 36.9 Å². The summed E-state index contributed by atoms with van der Waals surface area (Å²) in [7, 11) is 0. The van der Waals surface area contributed by atoms with E-state index >= 15 is 0 Å². The third-order valence-corrected chi connectivity index (χ3v) is 6.01. The molecule has 1 saturated heterocycles. The lowest BCUT2D eigenvalue weighted by Gasteiger charge is -2.28. The van der Waals surface area contributed by atoms with Crippen LogP contribution in [-0.4, -0.2) is 40.5 Å². The molecule has 180 valence electrons. The van der Waals surface area contributed by atoms with Gasteiger partial charge in [-0.3, -0.25) is 34.2 Å². The Morgan fingerprint density at radius 3 is 2.66 bits per heavy atom. The molecule has 2 aromatic rings. The summed E-state index contributed by atoms with van der Waals surface area (Å²) in [6, 6.07) is 12.8. The van der Waals surface area contributed by atoms with Crippen LogP contribution in [-0.2, 0) is 30.4 Å². The summed E-state index contributed by atoms with van der Waals surface area (Å²) in [5.41, 5.74) is 2.15. The van der Waals surface area contributed by atoms with Gasteiger partial charge in [-0.05, 0) is 48.7 Å². The third kappa shape index (κ3) is 5.58. The summed E-state index contributed by atoms with van der Waals surface area (Å²) in [6.07, 6.45) is 1.46. The van der Waals surface area contributed by atoms with E-state index in [1.165, 1.54) is 0 Å². The molecule has 0 aliphatic carbocycles. The number of halogens is 1. The van der Waals surface area contributed by atoms with Gasteiger partial charge in [0.05, 0.1) is 12.5 Å². The zero-order chi connectivity index (χ0) is 25.1. The topological polar surface area (TPSA) is 125 Å². The van der Waals surface area contributed by atoms with E-state index in [0.717, 1.165) is 22.1 Å². The summed E-state index contributed by atoms with van der Waals surface area (Å²) in [6.45, 7) is 1.84. The molecule has 9 nitrogen and oxygen atoms in total. The fourth-order valence-electron chi connectivity index (χ4n) is 4.05. The van der Waals surface area contributed by atoms with Crippen molar-refractivity contribution in [1.82, 2.24) is 15.5 Å². The minimum Gasteiger partial charge on any atom is -0.351 e. The van der Waals surface area contributed by atoms with E-state index in [2.05, 4.69) is 16.0 Å². The fraction of sp³-hybridized carbons (Fsp3) is 0.240. The molecular formula is C25H23ClN4O5. The minimum absolute atomic E-state index is 0.0227. The van der Waals surface area contributed by atoms with Crippen molar-refractivity contribution in [1.29, 1.82) is 0 Å². The van der Waals surface area contributed by atoms with Gasteiger partial charge >= 0.3 is 0 Å². The number of nitrogens with one attached hydrogen (secondary N) is 3. The number of piperidine rings is 1. The van der Waals surface area contributed by atoms with Crippen molar-refractivity contribution in [3.05, 3.63) is 76.5 Å². The summed E-state index contributed by atoms with van der Waals surface area (Å²) in [5.74, 6) is -2.52. The van der Waals surface area contributed by atoms with Crippen LogP contribution in [0, 0.1) is 0 Å². The van der Waals surface area contributed by atoms with Crippen molar-refractivity contribution in [2.75, 3.05) is 5.32 Å². The van der Waals surface area contributed by atoms with Gasteiger partial charge in [-0.15, -0.1) is 0 Å². The van der Waals surface area contributed by atoms with Gasteiger partial charge in [-0.2, -0.15) is 0 Å². The molecule has 2 aliphatic heterocycles. The normalized spacial score (nSPS) is 18.7. The SMILES string of the molecule is CC(NC(=O)Cc1cccc(Cl)c1)c1cccc(NC2=CC(=O)N(C3CCC(=O)NC3=O)C2=O)c1. The molecule has 0 aromatic heterocycles. The number of nitrogens with zero attached hydrogens (tertiary/aromatic N) is 1. The number of rotatable bonds is 7. The van der Waals surface area contributed by atoms with Crippen molar-refractivity contribution in [2.45, 2.75) is 38.3 Å². The fourth-order valence-corrected chi connectivity index (χ4v) is 4.26. The zero-order valence-corrected chi connectivity index (χ0v) is 19.6. The predicted molar refractivity (Wildman–Crippen MR) is 128 cm³/mol. The summed E-state index contributed by atoms with van der Waals surface area (Å²) < 4.78 is 0. The number of benzene rings is 2. The molecule has 35 heavy (non-hydrogen) atoms. The van der Waals surface area contributed by atoms with Crippen molar-refractivity contribution in [3.8, 4) is 0 Å². The quantitative estimate of drug-likeness (QED) is 0.507. The first kappa shape index (κ1) is 24.2. The van der Waals surface area contributed by atoms with Gasteiger partial charge in [-0.25, -0.2) is 0 Å². The van der Waals surface area contributed by atoms with Crippen LogP contribution >= 0.6 is 11.6 Å². The number of hydrogen-bond donors (Lipinski definition) is 3. The number of amides is 5. The van der Waals surface area contributed by atoms with Crippen molar-refractivity contribution in [3.63, 3.8) is 0 Å². The first-order valence-electron chi connectivity index (χ1n) is 11.0. The number of anilines is 1. The van der Waals surface area contributed by atoms with Gasteiger partial charge < -0.3 is 10.6 Å². The lowest BCUT2D eigenvalue weighted by Crippen LogP contribution is -2.54. The molecule has 10 heteroatoms. The Bertz CT molecular complexity index is 1260. The van der Waals surface area contributed by atoms with Crippen LogP contribution in [0.15, 0.2) is 60.3 Å². The van der Waals surface area contributed by atoms with Crippen LogP contribution in [0.3, 0.4) is 0 Å². The highest BCUT2D eigenvalue weighted by Crippen LogP contribution is 2.24. The molecule has 3 N–H and O–H groups in total. The first-order chi connectivity index (χ1) is 16.7. The van der Waals surface area contributed by atoms with E-state index < -0.39 is 29.7 Å². The van der Waals surface area contributed by atoms with Gasteiger partial charge in [0.2, 0.25) is 17.7 Å². The standard InChI is InChI=1S/C25H23ClN4O5/c1-14(27-22(32)11-15-4-2-6-17(26)10-15)16-5-3-7-18(12-16)28-19-13-23(33)30(25(19)35)20-8-9-21(31)29-24(20)34/h2-7,10,12-14,20,28H,8-9,11H2,1H3,(H,27,32)(H,29,31,34). The Balaban J connectivity index is 1.40. The van der Waals surface area contributed by atoms with E-state index in [1.807, 2.05) is 19.1 Å². The molecular weight excluding hydrogens is 472 g/mol. The highest BCUT2D eigenvalue weighted by molar-refractivity contribution is 6.30. The Morgan fingerprint density at radius 1 is 1.14 bits per heavy atom. The van der Waals surface area contributed by atoms with Crippen molar-refractivity contribution >= 4 is 46.8 Å². The molecule has 0 saturated carbocycles. The molecule has 2 aromatic carbocycles. The van der Waals surface area contributed by atoms with E-state index in [-0.39, 0.29) is 36.9 Å². The Labute approximate surface area is 206 Å². The molecule has 0 radical (unpaired) electrons. The average Bonchev–Trinajstić information content (AvgIpc) is 3.07. The van der Waals surface area contributed by atoms with Crippen LogP contribution in [0.5, 0.6) is 0 Å². The number of carbonyl (C=O) groups is 5. The largest absolute Gasteiger partial charge is 0.351 e. The van der Waals surface area contributed by atoms with E-state index in [9.17, 15) is 24.0 Å². The number of imide groups is 2. The second-order valence-electron chi connectivity index (χ2n) is 8.38. The highest BCUT2D eigenvalue weighted by Gasteiger charge is 2.42. The molecule has 2 unspecified atom stereocenters. The predicted octanol–water partition coefficient (Wildman–Crippen LogP) is 2.23. The Morgan fingerprint density at radius 2 is 1.91 bits per heavy atom. The maximum absolute atomic E-state index is 12.9. The van der Waals surface area contributed by atoms with Crippen molar-refractivity contribution in [2.24, 2.45) is 0 Å². The Kier molecular flexibility index (Phi) is 6.97. The maximum Gasteiger partial charge on any atom is 0.278 e. The van der Waals surface area contributed by atoms with Crippen LogP contribution in [0.2, 0.25) is 5.02 Å². The first-order valence-corrected chi connectivity index (χ1v) is 11.4. The third-order valence-electron chi connectivity index (χ3n) is 5.77. The molecule has 2 aliphatic rings. The zero-order valence-electron chi connectivity index (χ0n) is 18.8. The summed E-state index contributed by atoms with van der Waals surface area (Å²) >= 11 is 5.98. The number of carbonyl (C=O) groups excluding carboxylic acids is 5. The molecule has 1 fully saturated rings. The summed E-state index contributed by atoms with van der Waals surface area (Å²) in [5, 5.41) is 8.58. The smallest absolute Gasteiger partial charge is 0.278 e. The van der Waals surface area contributed by atoms with Gasteiger partial charge in [0.1, 0.15) is 11.7 Å². The van der Waals surface area contributed by atoms with Crippen LogP contribution in [0.25, 0.3) is 0 Å². The number of hydrogen-bond acceptors (Lipinski definition) is 6. The van der Waals surface area contributed by atoms with Gasteiger partial charge in [0.15, 0.2) is 0 Å². The molecule has 2 atom stereocenters. The van der Waals surface area contributed by atoms with Gasteiger partial charge in [0, 0.05) is 23.2 Å². The second-order valence-corrected chi connectivity index (χ2v) is 8.82.